The molecule has 0 radical (unpaired) electrons. The van der Waals surface area contributed by atoms with Crippen LogP contribution in [0.5, 0.6) is 0 Å². The van der Waals surface area contributed by atoms with E-state index in [1.54, 1.807) is 36.5 Å². The summed E-state index contributed by atoms with van der Waals surface area (Å²) in [6, 6.07) is 8.06. The van der Waals surface area contributed by atoms with Gasteiger partial charge in [0, 0.05) is 23.5 Å². The molecule has 0 aliphatic heterocycles. The standard InChI is InChI=1S/C22H15Cl2F3N2O2/c23-16-7-6-12(10-17(16)24)19-18(20(30)14-4-2-8-28-11-14)21(31-29-19)13-3-1-5-15(9-13)22(25,26)27/h1-8,10-11,15,20,30H,9H2. The fourth-order valence-corrected chi connectivity index (χ4v) is 3.71. The van der Waals surface area contributed by atoms with Crippen LogP contribution in [-0.2, 0) is 0 Å². The molecule has 2 atom stereocenters. The predicted octanol–water partition coefficient (Wildman–Crippen LogP) is 6.65. The van der Waals surface area contributed by atoms with Gasteiger partial charge >= 0.3 is 6.18 Å². The van der Waals surface area contributed by atoms with E-state index in [0.717, 1.165) is 6.08 Å². The Morgan fingerprint density at radius 2 is 1.97 bits per heavy atom. The zero-order valence-electron chi connectivity index (χ0n) is 15.8. The fourth-order valence-electron chi connectivity index (χ4n) is 3.41. The number of halogens is 5. The zero-order valence-corrected chi connectivity index (χ0v) is 17.3. The first kappa shape index (κ1) is 21.6. The summed E-state index contributed by atoms with van der Waals surface area (Å²) >= 11 is 12.1. The minimum atomic E-state index is -4.40. The molecule has 3 aromatic rings. The van der Waals surface area contributed by atoms with E-state index in [2.05, 4.69) is 10.1 Å². The van der Waals surface area contributed by atoms with Gasteiger partial charge in [-0.1, -0.05) is 58.7 Å². The lowest BCUT2D eigenvalue weighted by atomic mass is 9.88. The van der Waals surface area contributed by atoms with E-state index >= 15 is 0 Å². The van der Waals surface area contributed by atoms with Gasteiger partial charge in [-0.2, -0.15) is 13.2 Å². The number of benzene rings is 1. The third-order valence-electron chi connectivity index (χ3n) is 4.99. The van der Waals surface area contributed by atoms with Crippen LogP contribution in [0, 0.1) is 5.92 Å². The maximum absolute atomic E-state index is 13.3. The SMILES string of the molecule is OC(c1cccnc1)c1c(-c2ccc(Cl)c(Cl)c2)noc1C1=CC=CC(C(F)(F)F)C1. The lowest BCUT2D eigenvalue weighted by Gasteiger charge is -2.21. The summed E-state index contributed by atoms with van der Waals surface area (Å²) in [5, 5.41) is 15.8. The Bertz CT molecular complexity index is 1160. The van der Waals surface area contributed by atoms with Crippen LogP contribution in [0.15, 0.2) is 65.5 Å². The first-order valence-corrected chi connectivity index (χ1v) is 9.98. The lowest BCUT2D eigenvalue weighted by molar-refractivity contribution is -0.159. The molecule has 2 unspecified atom stereocenters. The monoisotopic (exact) mass is 466 g/mol. The highest BCUT2D eigenvalue weighted by Gasteiger charge is 2.40. The highest BCUT2D eigenvalue weighted by molar-refractivity contribution is 6.42. The fraction of sp³-hybridized carbons (Fsp3) is 0.182. The number of allylic oxidation sites excluding steroid dienone is 4. The van der Waals surface area contributed by atoms with Crippen molar-refractivity contribution in [2.45, 2.75) is 18.7 Å². The first-order chi connectivity index (χ1) is 14.8. The van der Waals surface area contributed by atoms with E-state index in [9.17, 15) is 18.3 Å². The number of pyridine rings is 1. The number of hydrogen-bond donors (Lipinski definition) is 1. The van der Waals surface area contributed by atoms with Gasteiger partial charge in [-0.05, 0) is 30.2 Å². The topological polar surface area (TPSA) is 59.2 Å². The molecule has 0 saturated carbocycles. The largest absolute Gasteiger partial charge is 0.395 e. The van der Waals surface area contributed by atoms with Crippen molar-refractivity contribution in [3.8, 4) is 11.3 Å². The van der Waals surface area contributed by atoms with Crippen LogP contribution in [-0.4, -0.2) is 21.4 Å². The molecule has 0 bridgehead atoms. The molecule has 1 N–H and O–H groups in total. The number of aliphatic hydroxyl groups is 1. The Hall–Kier alpha value is -2.61. The maximum Gasteiger partial charge on any atom is 0.395 e. The quantitative estimate of drug-likeness (QED) is 0.467. The molecule has 2 aromatic heterocycles. The van der Waals surface area contributed by atoms with E-state index < -0.39 is 18.2 Å². The molecule has 0 fully saturated rings. The van der Waals surface area contributed by atoms with Gasteiger partial charge in [0.15, 0.2) is 5.76 Å². The van der Waals surface area contributed by atoms with Crippen molar-refractivity contribution in [3.63, 3.8) is 0 Å². The molecular weight excluding hydrogens is 452 g/mol. The normalized spacial score (nSPS) is 17.5. The molecule has 4 nitrogen and oxygen atoms in total. The Balaban J connectivity index is 1.85. The summed E-state index contributed by atoms with van der Waals surface area (Å²) < 4.78 is 45.4. The second-order valence-corrected chi connectivity index (χ2v) is 7.84. The summed E-state index contributed by atoms with van der Waals surface area (Å²) in [4.78, 5) is 4.01. The van der Waals surface area contributed by atoms with Crippen molar-refractivity contribution in [2.75, 3.05) is 0 Å². The highest BCUT2D eigenvalue weighted by Crippen LogP contribution is 2.43. The van der Waals surface area contributed by atoms with Crippen LogP contribution < -0.4 is 0 Å². The summed E-state index contributed by atoms with van der Waals surface area (Å²) in [7, 11) is 0. The van der Waals surface area contributed by atoms with E-state index in [4.69, 9.17) is 27.7 Å². The number of rotatable bonds is 4. The van der Waals surface area contributed by atoms with Crippen LogP contribution in [0.2, 0.25) is 10.0 Å². The van der Waals surface area contributed by atoms with E-state index in [1.807, 2.05) is 0 Å². The van der Waals surface area contributed by atoms with Crippen LogP contribution in [0.4, 0.5) is 13.2 Å². The smallest absolute Gasteiger partial charge is 0.383 e. The second kappa shape index (κ2) is 8.49. The molecule has 160 valence electrons. The van der Waals surface area contributed by atoms with Gasteiger partial charge in [-0.15, -0.1) is 0 Å². The van der Waals surface area contributed by atoms with Gasteiger partial charge in [0.2, 0.25) is 0 Å². The third kappa shape index (κ3) is 4.39. The van der Waals surface area contributed by atoms with Gasteiger partial charge in [0.1, 0.15) is 11.8 Å². The molecule has 0 spiro atoms. The van der Waals surface area contributed by atoms with E-state index in [0.29, 0.717) is 16.1 Å². The molecule has 31 heavy (non-hydrogen) atoms. The average Bonchev–Trinajstić information content (AvgIpc) is 3.20. The Labute approximate surface area is 185 Å². The lowest BCUT2D eigenvalue weighted by Crippen LogP contribution is -2.22. The minimum Gasteiger partial charge on any atom is -0.383 e. The van der Waals surface area contributed by atoms with Crippen molar-refractivity contribution >= 4 is 28.8 Å². The molecule has 9 heteroatoms. The summed E-state index contributed by atoms with van der Waals surface area (Å²) in [6.07, 6.45) is 1.00. The van der Waals surface area contributed by atoms with Gasteiger partial charge in [0.05, 0.1) is 21.5 Å². The summed E-state index contributed by atoms with van der Waals surface area (Å²) in [5.41, 5.74) is 1.70. The number of alkyl halides is 3. The summed E-state index contributed by atoms with van der Waals surface area (Å²) in [6.45, 7) is 0. The molecule has 1 aliphatic carbocycles. The molecule has 1 aromatic carbocycles. The predicted molar refractivity (Wildman–Crippen MR) is 112 cm³/mol. The first-order valence-electron chi connectivity index (χ1n) is 9.23. The van der Waals surface area contributed by atoms with E-state index in [-0.39, 0.29) is 34.0 Å². The number of hydrogen-bond acceptors (Lipinski definition) is 4. The highest BCUT2D eigenvalue weighted by atomic mass is 35.5. The molecule has 2 heterocycles. The van der Waals surface area contributed by atoms with Crippen molar-refractivity contribution in [2.24, 2.45) is 5.92 Å². The number of nitrogens with zero attached hydrogens (tertiary/aromatic N) is 2. The van der Waals surface area contributed by atoms with Gasteiger partial charge in [-0.25, -0.2) is 0 Å². The number of aliphatic hydroxyl groups excluding tert-OH is 1. The molecular formula is C22H15Cl2F3N2O2. The van der Waals surface area contributed by atoms with Crippen molar-refractivity contribution in [1.82, 2.24) is 10.1 Å². The minimum absolute atomic E-state index is 0.0797. The maximum atomic E-state index is 13.3. The van der Waals surface area contributed by atoms with E-state index in [1.165, 1.54) is 18.3 Å². The van der Waals surface area contributed by atoms with Gasteiger partial charge in [0.25, 0.3) is 0 Å². The molecule has 0 saturated heterocycles. The number of aromatic nitrogens is 2. The Morgan fingerprint density at radius 3 is 2.65 bits per heavy atom. The molecule has 4 rings (SSSR count). The van der Waals surface area contributed by atoms with Gasteiger partial charge in [-0.3, -0.25) is 4.98 Å². The van der Waals surface area contributed by atoms with Crippen molar-refractivity contribution in [3.05, 3.63) is 87.9 Å². The second-order valence-electron chi connectivity index (χ2n) is 7.02. The van der Waals surface area contributed by atoms with Crippen molar-refractivity contribution < 1.29 is 22.8 Å². The Morgan fingerprint density at radius 1 is 1.16 bits per heavy atom. The van der Waals surface area contributed by atoms with Gasteiger partial charge < -0.3 is 9.63 Å². The molecule has 0 amide bonds. The van der Waals surface area contributed by atoms with Crippen LogP contribution in [0.3, 0.4) is 0 Å². The third-order valence-corrected chi connectivity index (χ3v) is 5.73. The zero-order chi connectivity index (χ0) is 22.2. The Kier molecular flexibility index (Phi) is 5.92. The summed E-state index contributed by atoms with van der Waals surface area (Å²) in [5.74, 6) is -1.58. The van der Waals surface area contributed by atoms with Crippen molar-refractivity contribution in [1.29, 1.82) is 0 Å². The van der Waals surface area contributed by atoms with Crippen LogP contribution >= 0.6 is 23.2 Å². The molecule has 1 aliphatic rings. The average molecular weight is 467 g/mol. The van der Waals surface area contributed by atoms with Crippen LogP contribution in [0.1, 0.15) is 29.4 Å². The van der Waals surface area contributed by atoms with Crippen LogP contribution in [0.25, 0.3) is 16.8 Å².